The van der Waals surface area contributed by atoms with E-state index in [1.807, 2.05) is 0 Å². The molecule has 0 aromatic heterocycles. The van der Waals surface area contributed by atoms with Crippen LogP contribution in [0.3, 0.4) is 0 Å². The van der Waals surface area contributed by atoms with E-state index in [0.29, 0.717) is 0 Å². The highest BCUT2D eigenvalue weighted by Crippen LogP contribution is 2.16. The lowest BCUT2D eigenvalue weighted by Gasteiger charge is -2.39. The first-order valence-electron chi connectivity index (χ1n) is 8.09. The molecule has 0 unspecified atom stereocenters. The highest BCUT2D eigenvalue weighted by molar-refractivity contribution is 8.93. The topological polar surface area (TPSA) is 0 Å². The van der Waals surface area contributed by atoms with Crippen molar-refractivity contribution in [2.45, 2.75) is 79.1 Å². The van der Waals surface area contributed by atoms with E-state index >= 15 is 0 Å². The van der Waals surface area contributed by atoms with Crippen LogP contribution in [0.1, 0.15) is 79.1 Å². The molecule has 0 saturated heterocycles. The third-order valence-electron chi connectivity index (χ3n) is 3.94. The molecule has 0 spiro atoms. The summed E-state index contributed by atoms with van der Waals surface area (Å²) in [7, 11) is 0. The van der Waals surface area contributed by atoms with Crippen LogP contribution in [-0.4, -0.2) is 30.7 Å². The maximum Gasteiger partial charge on any atom is 0.0786 e. The van der Waals surface area contributed by atoms with Crippen molar-refractivity contribution in [2.75, 3.05) is 26.2 Å². The highest BCUT2D eigenvalue weighted by Gasteiger charge is 2.24. The molecule has 0 saturated carbocycles. The first kappa shape index (κ1) is 39.4. The molecule has 0 fully saturated rings. The van der Waals surface area contributed by atoms with Crippen LogP contribution in [0.2, 0.25) is 0 Å². The Kier molecular flexibility index (Phi) is 50.5. The van der Waals surface area contributed by atoms with Gasteiger partial charge in [0.05, 0.1) is 26.2 Å². The van der Waals surface area contributed by atoms with Crippen molar-refractivity contribution >= 4 is 84.9 Å². The molecule has 0 aliphatic carbocycles. The van der Waals surface area contributed by atoms with Crippen LogP contribution in [0.15, 0.2) is 0 Å². The monoisotopic (exact) mass is 642 g/mol. The first-order valence-corrected chi connectivity index (χ1v) is 8.09. The molecule has 0 rings (SSSR count). The van der Waals surface area contributed by atoms with Crippen LogP contribution in [0.4, 0.5) is 0 Å². The fourth-order valence-electron chi connectivity index (χ4n) is 2.64. The van der Waals surface area contributed by atoms with Gasteiger partial charge in [0, 0.05) is 0 Å². The van der Waals surface area contributed by atoms with Crippen LogP contribution >= 0.6 is 84.9 Å². The molecule has 144 valence electrons. The van der Waals surface area contributed by atoms with Gasteiger partial charge in [-0.05, 0) is 25.7 Å². The zero-order valence-electron chi connectivity index (χ0n) is 15.0. The zero-order chi connectivity index (χ0) is 13.0. The van der Waals surface area contributed by atoms with Gasteiger partial charge in [0.25, 0.3) is 0 Å². The number of rotatable bonds is 12. The lowest BCUT2D eigenvalue weighted by Crippen LogP contribution is -2.50. The van der Waals surface area contributed by atoms with Crippen LogP contribution in [0.25, 0.3) is 0 Å². The molecule has 0 bridgehead atoms. The summed E-state index contributed by atoms with van der Waals surface area (Å²) in [5.74, 6) is 0. The second-order valence-electron chi connectivity index (χ2n) is 5.65. The van der Waals surface area contributed by atoms with E-state index in [0.717, 1.165) is 0 Å². The van der Waals surface area contributed by atoms with Gasteiger partial charge in [-0.3, -0.25) is 0 Å². The van der Waals surface area contributed by atoms with Crippen molar-refractivity contribution in [2.24, 2.45) is 0 Å². The Morgan fingerprint density at radius 2 is 0.591 bits per heavy atom. The van der Waals surface area contributed by atoms with E-state index in [2.05, 4.69) is 27.7 Å². The second-order valence-corrected chi connectivity index (χ2v) is 5.65. The molecule has 1 nitrogen and oxygen atoms in total. The third kappa shape index (κ3) is 20.4. The molecule has 6 heteroatoms. The van der Waals surface area contributed by atoms with Gasteiger partial charge in [-0.2, -0.15) is 0 Å². The molecule has 0 atom stereocenters. The number of nitrogens with zero attached hydrogens (tertiary/aromatic N) is 1. The van der Waals surface area contributed by atoms with Crippen molar-refractivity contribution in [1.29, 1.82) is 0 Å². The number of quaternary nitrogens is 1. The van der Waals surface area contributed by atoms with Crippen LogP contribution < -0.4 is 0 Å². The summed E-state index contributed by atoms with van der Waals surface area (Å²) in [5.41, 5.74) is 0. The summed E-state index contributed by atoms with van der Waals surface area (Å²) in [6, 6.07) is 0. The van der Waals surface area contributed by atoms with E-state index in [-0.39, 0.29) is 84.9 Å². The first-order chi connectivity index (χ1) is 8.24. The van der Waals surface area contributed by atoms with Gasteiger partial charge in [0.1, 0.15) is 0 Å². The maximum absolute atomic E-state index is 2.33. The highest BCUT2D eigenvalue weighted by atomic mass is 79.9. The summed E-state index contributed by atoms with van der Waals surface area (Å²) in [4.78, 5) is 0. The van der Waals surface area contributed by atoms with Gasteiger partial charge in [0.15, 0.2) is 0 Å². The standard InChI is InChI=1S/C16H36N.5BrH/c1-5-9-13-17(14-10-6-2,15-11-7-3)16-12-8-4;;;;;/h5-16H2,1-4H3;5*1H/q+1;;;;;. The van der Waals surface area contributed by atoms with E-state index in [4.69, 9.17) is 0 Å². The van der Waals surface area contributed by atoms with Gasteiger partial charge in [-0.1, -0.05) is 53.4 Å². The van der Waals surface area contributed by atoms with E-state index in [1.165, 1.54) is 82.0 Å². The van der Waals surface area contributed by atoms with Crippen LogP contribution in [0, 0.1) is 0 Å². The van der Waals surface area contributed by atoms with E-state index in [9.17, 15) is 0 Å². The number of hydrogen-bond acceptors (Lipinski definition) is 0. The predicted octanol–water partition coefficient (Wildman–Crippen LogP) is 7.89. The van der Waals surface area contributed by atoms with Crippen molar-refractivity contribution in [3.63, 3.8) is 0 Å². The Balaban J connectivity index is -0.000000128. The zero-order valence-corrected chi connectivity index (χ0v) is 23.5. The summed E-state index contributed by atoms with van der Waals surface area (Å²) in [6.45, 7) is 15.0. The molecular formula is C16H41Br5N+. The largest absolute Gasteiger partial charge is 0.324 e. The lowest BCUT2D eigenvalue weighted by atomic mass is 10.1. The Labute approximate surface area is 193 Å². The van der Waals surface area contributed by atoms with Gasteiger partial charge in [-0.15, -0.1) is 84.9 Å². The van der Waals surface area contributed by atoms with Crippen LogP contribution in [0.5, 0.6) is 0 Å². The average molecular weight is 647 g/mol. The van der Waals surface area contributed by atoms with Crippen molar-refractivity contribution in [3.8, 4) is 0 Å². The number of hydrogen-bond donors (Lipinski definition) is 0. The van der Waals surface area contributed by atoms with Gasteiger partial charge in [0.2, 0.25) is 0 Å². The summed E-state index contributed by atoms with van der Waals surface area (Å²) in [6.07, 6.45) is 11.1. The minimum absolute atomic E-state index is 0. The fourth-order valence-corrected chi connectivity index (χ4v) is 2.64. The minimum atomic E-state index is 0. The Bertz CT molecular complexity index is 133. The fraction of sp³-hybridized carbons (Fsp3) is 1.00. The normalized spacial score (nSPS) is 9.27. The second kappa shape index (κ2) is 28.2. The Morgan fingerprint density at radius 3 is 0.727 bits per heavy atom. The molecule has 0 aromatic carbocycles. The number of unbranched alkanes of at least 4 members (excludes halogenated alkanes) is 4. The van der Waals surface area contributed by atoms with Gasteiger partial charge in [-0.25, -0.2) is 0 Å². The van der Waals surface area contributed by atoms with Crippen molar-refractivity contribution in [3.05, 3.63) is 0 Å². The summed E-state index contributed by atoms with van der Waals surface area (Å²) < 4.78 is 1.42. The Hall–Kier alpha value is 2.36. The average Bonchev–Trinajstić information content (AvgIpc) is 2.37. The Morgan fingerprint density at radius 1 is 0.409 bits per heavy atom. The van der Waals surface area contributed by atoms with Gasteiger partial charge >= 0.3 is 0 Å². The predicted molar refractivity (Wildman–Crippen MR) is 131 cm³/mol. The van der Waals surface area contributed by atoms with E-state index < -0.39 is 0 Å². The molecule has 0 radical (unpaired) electrons. The van der Waals surface area contributed by atoms with Crippen molar-refractivity contribution in [1.82, 2.24) is 0 Å². The van der Waals surface area contributed by atoms with E-state index in [1.54, 1.807) is 0 Å². The quantitative estimate of drug-likeness (QED) is 0.189. The molecule has 22 heavy (non-hydrogen) atoms. The molecule has 0 N–H and O–H groups in total. The smallest absolute Gasteiger partial charge is 0.0786 e. The summed E-state index contributed by atoms with van der Waals surface area (Å²) >= 11 is 0. The molecular weight excluding hydrogens is 606 g/mol. The van der Waals surface area contributed by atoms with Crippen LogP contribution in [-0.2, 0) is 0 Å². The van der Waals surface area contributed by atoms with Gasteiger partial charge < -0.3 is 4.48 Å². The maximum atomic E-state index is 2.33. The molecule has 0 aliphatic rings. The SMILES string of the molecule is Br.Br.Br.Br.Br.CCCC[N+](CCCC)(CCCC)CCCC. The third-order valence-corrected chi connectivity index (χ3v) is 3.94. The molecule has 0 aliphatic heterocycles. The molecule has 0 heterocycles. The number of halogens is 5. The minimum Gasteiger partial charge on any atom is -0.324 e. The van der Waals surface area contributed by atoms with Crippen molar-refractivity contribution < 1.29 is 4.48 Å². The lowest BCUT2D eigenvalue weighted by molar-refractivity contribution is -0.929. The molecule has 0 aromatic rings. The summed E-state index contributed by atoms with van der Waals surface area (Å²) in [5, 5.41) is 0. The molecule has 0 amide bonds.